The first kappa shape index (κ1) is 14.9. The van der Waals surface area contributed by atoms with Gasteiger partial charge in [-0.1, -0.05) is 0 Å². The van der Waals surface area contributed by atoms with Crippen LogP contribution in [0.15, 0.2) is 12.3 Å². The number of aliphatic hydroxyl groups is 2. The number of carbonyl (C=O) groups excluding carboxylic acids is 2. The summed E-state index contributed by atoms with van der Waals surface area (Å²) in [5, 5.41) is 18.6. The van der Waals surface area contributed by atoms with E-state index in [1.807, 2.05) is 0 Å². The number of nitrogens with zero attached hydrogens (tertiary/aromatic N) is 1. The molecule has 1 saturated heterocycles. The second-order valence-electron chi connectivity index (χ2n) is 4.57. The van der Waals surface area contributed by atoms with Crippen molar-refractivity contribution >= 4 is 11.7 Å². The first-order chi connectivity index (χ1) is 9.33. The average molecular weight is 295 g/mol. The lowest BCUT2D eigenvalue weighted by molar-refractivity contribution is -0.195. The van der Waals surface area contributed by atoms with Gasteiger partial charge in [0.05, 0.1) is 13.0 Å². The number of ether oxygens (including phenoxy) is 1. The SMILES string of the molecule is O=C1C=CN([C@@H]2O[C@@](CO)(C(F)F)[C@@H](F)[C@H]2O)C(=O)C1. The van der Waals surface area contributed by atoms with E-state index in [2.05, 4.69) is 0 Å². The van der Waals surface area contributed by atoms with Gasteiger partial charge in [-0.25, -0.2) is 13.2 Å². The molecule has 1 fully saturated rings. The zero-order valence-electron chi connectivity index (χ0n) is 10.1. The Labute approximate surface area is 111 Å². The minimum absolute atomic E-state index is 0.502. The molecule has 2 N–H and O–H groups in total. The maximum atomic E-state index is 13.9. The van der Waals surface area contributed by atoms with Crippen LogP contribution in [0, 0.1) is 0 Å². The predicted molar refractivity (Wildman–Crippen MR) is 57.2 cm³/mol. The molecule has 6 nitrogen and oxygen atoms in total. The molecule has 0 aromatic rings. The van der Waals surface area contributed by atoms with Crippen LogP contribution in [-0.2, 0) is 14.3 Å². The summed E-state index contributed by atoms with van der Waals surface area (Å²) in [4.78, 5) is 23.3. The third-order valence-corrected chi connectivity index (χ3v) is 3.32. The fraction of sp³-hybridized carbons (Fsp3) is 0.636. The summed E-state index contributed by atoms with van der Waals surface area (Å²) in [5.74, 6) is -1.31. The Morgan fingerprint density at radius 2 is 2.15 bits per heavy atom. The lowest BCUT2D eigenvalue weighted by Crippen LogP contribution is -2.50. The van der Waals surface area contributed by atoms with E-state index in [4.69, 9.17) is 9.84 Å². The Balaban J connectivity index is 2.29. The molecule has 0 aromatic heterocycles. The Morgan fingerprint density at radius 1 is 1.50 bits per heavy atom. The molecule has 2 aliphatic rings. The van der Waals surface area contributed by atoms with E-state index in [0.29, 0.717) is 4.90 Å². The molecule has 2 aliphatic heterocycles. The van der Waals surface area contributed by atoms with Crippen LogP contribution in [-0.4, -0.2) is 63.9 Å². The largest absolute Gasteiger partial charge is 0.393 e. The number of allylic oxidation sites excluding steroid dienone is 1. The van der Waals surface area contributed by atoms with Crippen molar-refractivity contribution in [3.05, 3.63) is 12.3 Å². The molecular weight excluding hydrogens is 283 g/mol. The minimum atomic E-state index is -3.40. The topological polar surface area (TPSA) is 87.1 Å². The van der Waals surface area contributed by atoms with Crippen molar-refractivity contribution in [1.29, 1.82) is 0 Å². The van der Waals surface area contributed by atoms with Gasteiger partial charge in [0.1, 0.15) is 6.10 Å². The van der Waals surface area contributed by atoms with E-state index in [9.17, 15) is 27.9 Å². The number of ketones is 1. The quantitative estimate of drug-likeness (QED) is 0.676. The van der Waals surface area contributed by atoms with Gasteiger partial charge in [0, 0.05) is 6.20 Å². The third kappa shape index (κ3) is 2.11. The van der Waals surface area contributed by atoms with Crippen LogP contribution in [0.1, 0.15) is 6.42 Å². The number of rotatable bonds is 3. The molecule has 0 aliphatic carbocycles. The summed E-state index contributed by atoms with van der Waals surface area (Å²) in [6.45, 7) is -1.36. The molecule has 112 valence electrons. The van der Waals surface area contributed by atoms with E-state index in [0.717, 1.165) is 12.3 Å². The van der Waals surface area contributed by atoms with Crippen molar-refractivity contribution in [3.63, 3.8) is 0 Å². The highest BCUT2D eigenvalue weighted by molar-refractivity contribution is 6.06. The fourth-order valence-corrected chi connectivity index (χ4v) is 2.15. The first-order valence-corrected chi connectivity index (χ1v) is 5.74. The zero-order chi connectivity index (χ0) is 15.1. The highest BCUT2D eigenvalue weighted by atomic mass is 19.3. The van der Waals surface area contributed by atoms with Gasteiger partial charge in [-0.15, -0.1) is 0 Å². The van der Waals surface area contributed by atoms with Crippen molar-refractivity contribution in [2.75, 3.05) is 6.61 Å². The van der Waals surface area contributed by atoms with Crippen LogP contribution in [0.2, 0.25) is 0 Å². The van der Waals surface area contributed by atoms with E-state index < -0.39 is 55.2 Å². The molecule has 0 spiro atoms. The lowest BCUT2D eigenvalue weighted by Gasteiger charge is -2.31. The molecular formula is C11H12F3NO5. The van der Waals surface area contributed by atoms with Gasteiger partial charge in [-0.2, -0.15) is 0 Å². The molecule has 4 atom stereocenters. The van der Waals surface area contributed by atoms with Crippen LogP contribution >= 0.6 is 0 Å². The number of amides is 1. The number of carbonyl (C=O) groups is 2. The third-order valence-electron chi connectivity index (χ3n) is 3.32. The molecule has 2 heterocycles. The van der Waals surface area contributed by atoms with Gasteiger partial charge in [-0.3, -0.25) is 14.5 Å². The summed E-state index contributed by atoms with van der Waals surface area (Å²) < 4.78 is 44.4. The van der Waals surface area contributed by atoms with E-state index in [1.54, 1.807) is 0 Å². The van der Waals surface area contributed by atoms with Crippen LogP contribution < -0.4 is 0 Å². The Hall–Kier alpha value is -1.45. The zero-order valence-corrected chi connectivity index (χ0v) is 10.1. The molecule has 9 heteroatoms. The van der Waals surface area contributed by atoms with Crippen LogP contribution in [0.5, 0.6) is 0 Å². The molecule has 0 saturated carbocycles. The number of aliphatic hydroxyl groups excluding tert-OH is 2. The van der Waals surface area contributed by atoms with E-state index >= 15 is 0 Å². The summed E-state index contributed by atoms with van der Waals surface area (Å²) in [6.07, 6.45) is -8.34. The predicted octanol–water partition coefficient (Wildman–Crippen LogP) is -0.647. The maximum absolute atomic E-state index is 13.9. The summed E-state index contributed by atoms with van der Waals surface area (Å²) in [7, 11) is 0. The number of hydrogen-bond donors (Lipinski definition) is 2. The van der Waals surface area contributed by atoms with Crippen molar-refractivity contribution < 1.29 is 37.7 Å². The molecule has 0 radical (unpaired) electrons. The second kappa shape index (κ2) is 5.15. The molecule has 2 rings (SSSR count). The molecule has 1 amide bonds. The number of halogens is 3. The van der Waals surface area contributed by atoms with Crippen LogP contribution in [0.3, 0.4) is 0 Å². The van der Waals surface area contributed by atoms with Gasteiger partial charge in [0.25, 0.3) is 6.43 Å². The second-order valence-corrected chi connectivity index (χ2v) is 4.57. The number of alkyl halides is 3. The Morgan fingerprint density at radius 3 is 2.60 bits per heavy atom. The van der Waals surface area contributed by atoms with Gasteiger partial charge >= 0.3 is 0 Å². The van der Waals surface area contributed by atoms with Gasteiger partial charge in [0.2, 0.25) is 5.91 Å². The monoisotopic (exact) mass is 295 g/mol. The molecule has 20 heavy (non-hydrogen) atoms. The normalized spacial score (nSPS) is 38.1. The maximum Gasteiger partial charge on any atom is 0.272 e. The molecule has 0 aromatic carbocycles. The smallest absolute Gasteiger partial charge is 0.272 e. The van der Waals surface area contributed by atoms with Gasteiger partial charge in [0.15, 0.2) is 23.8 Å². The summed E-state index contributed by atoms with van der Waals surface area (Å²) in [6, 6.07) is 0. The Bertz CT molecular complexity index is 457. The van der Waals surface area contributed by atoms with Crippen LogP contribution in [0.25, 0.3) is 0 Å². The summed E-state index contributed by atoms with van der Waals surface area (Å²) >= 11 is 0. The van der Waals surface area contributed by atoms with Gasteiger partial charge < -0.3 is 14.9 Å². The van der Waals surface area contributed by atoms with Crippen molar-refractivity contribution in [2.45, 2.75) is 37.0 Å². The summed E-state index contributed by atoms with van der Waals surface area (Å²) in [5.41, 5.74) is -2.89. The van der Waals surface area contributed by atoms with Gasteiger partial charge in [-0.05, 0) is 6.08 Å². The van der Waals surface area contributed by atoms with Crippen molar-refractivity contribution in [1.82, 2.24) is 4.90 Å². The number of hydrogen-bond acceptors (Lipinski definition) is 5. The van der Waals surface area contributed by atoms with E-state index in [-0.39, 0.29) is 0 Å². The lowest BCUT2D eigenvalue weighted by atomic mass is 9.98. The fourth-order valence-electron chi connectivity index (χ4n) is 2.15. The molecule has 0 bridgehead atoms. The molecule has 0 unspecified atom stereocenters. The standard InChI is InChI=1S/C11H12F3NO5/c12-8-7(19)9(20-11(8,4-16)10(13)14)15-2-1-5(17)3-6(15)18/h1-2,7-10,16,19H,3-4H2/t7-,8+,9-,11-/m1/s1. The highest BCUT2D eigenvalue weighted by Crippen LogP contribution is 2.39. The van der Waals surface area contributed by atoms with E-state index in [1.165, 1.54) is 0 Å². The Kier molecular flexibility index (Phi) is 3.85. The first-order valence-electron chi connectivity index (χ1n) is 5.74. The van der Waals surface area contributed by atoms with Crippen LogP contribution in [0.4, 0.5) is 13.2 Å². The average Bonchev–Trinajstić information content (AvgIpc) is 2.64. The van der Waals surface area contributed by atoms with Crippen molar-refractivity contribution in [3.8, 4) is 0 Å². The minimum Gasteiger partial charge on any atom is -0.393 e. The highest BCUT2D eigenvalue weighted by Gasteiger charge is 2.62. The van der Waals surface area contributed by atoms with Crippen molar-refractivity contribution in [2.24, 2.45) is 0 Å².